The first kappa shape index (κ1) is 9.01. The molecule has 0 radical (unpaired) electrons. The van der Waals surface area contributed by atoms with Crippen LogP contribution in [0.2, 0.25) is 0 Å². The molecule has 0 aromatic rings. The molecule has 0 aromatic heterocycles. The zero-order valence-corrected chi connectivity index (χ0v) is 7.93. The molecule has 2 N–H and O–H groups in total. The molecule has 1 aliphatic heterocycles. The Hall–Kier alpha value is -0.0800. The van der Waals surface area contributed by atoms with Crippen LogP contribution in [-0.2, 0) is 0 Å². The molecule has 1 fully saturated rings. The summed E-state index contributed by atoms with van der Waals surface area (Å²) in [6, 6.07) is 0.580. The van der Waals surface area contributed by atoms with Crippen LogP contribution in [0.3, 0.4) is 0 Å². The predicted octanol–water partition coefficient (Wildman–Crippen LogP) is 1.21. The lowest BCUT2D eigenvalue weighted by Gasteiger charge is -2.41. The maximum atomic E-state index is 6.06. The quantitative estimate of drug-likeness (QED) is 0.618. The van der Waals surface area contributed by atoms with Crippen molar-refractivity contribution in [3.8, 4) is 0 Å². The zero-order chi connectivity index (χ0) is 8.48. The largest absolute Gasteiger partial charge is 0.324 e. The molecule has 0 amide bonds. The fourth-order valence-electron chi connectivity index (χ4n) is 2.02. The van der Waals surface area contributed by atoms with Gasteiger partial charge in [0.05, 0.1) is 0 Å². The van der Waals surface area contributed by atoms with Gasteiger partial charge in [0.2, 0.25) is 0 Å². The van der Waals surface area contributed by atoms with Crippen molar-refractivity contribution in [3.63, 3.8) is 0 Å². The van der Waals surface area contributed by atoms with Gasteiger partial charge in [-0.25, -0.2) is 0 Å². The Labute approximate surface area is 69.8 Å². The van der Waals surface area contributed by atoms with E-state index in [0.717, 1.165) is 0 Å². The Kier molecular flexibility index (Phi) is 2.55. The SMILES string of the molecule is CN1CCCCC1C(C)(C)N. The first-order valence-electron chi connectivity index (χ1n) is 4.51. The highest BCUT2D eigenvalue weighted by Crippen LogP contribution is 2.22. The van der Waals surface area contributed by atoms with Gasteiger partial charge in [0.15, 0.2) is 0 Å². The van der Waals surface area contributed by atoms with Crippen LogP contribution in [0.5, 0.6) is 0 Å². The number of rotatable bonds is 1. The summed E-state index contributed by atoms with van der Waals surface area (Å²) >= 11 is 0. The van der Waals surface area contributed by atoms with Gasteiger partial charge in [-0.3, -0.25) is 0 Å². The van der Waals surface area contributed by atoms with Crippen LogP contribution in [-0.4, -0.2) is 30.1 Å². The highest BCUT2D eigenvalue weighted by Gasteiger charge is 2.30. The molecule has 2 nitrogen and oxygen atoms in total. The molecule has 0 aromatic carbocycles. The van der Waals surface area contributed by atoms with E-state index in [4.69, 9.17) is 5.73 Å². The van der Waals surface area contributed by atoms with Gasteiger partial charge in [0.25, 0.3) is 0 Å². The van der Waals surface area contributed by atoms with Crippen LogP contribution in [0.25, 0.3) is 0 Å². The van der Waals surface area contributed by atoms with Crippen LogP contribution >= 0.6 is 0 Å². The number of nitrogens with two attached hydrogens (primary N) is 1. The molecule has 0 aliphatic carbocycles. The van der Waals surface area contributed by atoms with Crippen LogP contribution < -0.4 is 5.73 Å². The predicted molar refractivity (Wildman–Crippen MR) is 48.5 cm³/mol. The smallest absolute Gasteiger partial charge is 0.0267 e. The van der Waals surface area contributed by atoms with E-state index >= 15 is 0 Å². The molecule has 11 heavy (non-hydrogen) atoms. The lowest BCUT2D eigenvalue weighted by atomic mass is 9.88. The Morgan fingerprint density at radius 1 is 1.36 bits per heavy atom. The molecule has 1 rings (SSSR count). The number of nitrogens with zero attached hydrogens (tertiary/aromatic N) is 1. The maximum Gasteiger partial charge on any atom is 0.0267 e. The average molecular weight is 156 g/mol. The van der Waals surface area contributed by atoms with Crippen molar-refractivity contribution in [1.29, 1.82) is 0 Å². The number of hydrogen-bond donors (Lipinski definition) is 1. The minimum absolute atomic E-state index is 0.0326. The molecule has 66 valence electrons. The average Bonchev–Trinajstić information content (AvgIpc) is 1.86. The number of likely N-dealkylation sites (tertiary alicyclic amines) is 1. The van der Waals surface area contributed by atoms with Gasteiger partial charge in [-0.2, -0.15) is 0 Å². The molecular formula is C9H20N2. The maximum absolute atomic E-state index is 6.06. The highest BCUT2D eigenvalue weighted by atomic mass is 15.2. The van der Waals surface area contributed by atoms with Gasteiger partial charge in [-0.15, -0.1) is 0 Å². The third kappa shape index (κ3) is 2.17. The van der Waals surface area contributed by atoms with Crippen LogP contribution in [0.4, 0.5) is 0 Å². The van der Waals surface area contributed by atoms with E-state index in [1.165, 1.54) is 25.8 Å². The third-order valence-corrected chi connectivity index (χ3v) is 2.63. The Morgan fingerprint density at radius 2 is 2.00 bits per heavy atom. The van der Waals surface area contributed by atoms with E-state index in [1.807, 2.05) is 0 Å². The second-order valence-electron chi connectivity index (χ2n) is 4.31. The molecule has 1 heterocycles. The van der Waals surface area contributed by atoms with Crippen molar-refractivity contribution in [2.75, 3.05) is 13.6 Å². The van der Waals surface area contributed by atoms with Crippen LogP contribution in [0, 0.1) is 0 Å². The first-order valence-corrected chi connectivity index (χ1v) is 4.51. The van der Waals surface area contributed by atoms with Crippen LogP contribution in [0.15, 0.2) is 0 Å². The molecule has 0 spiro atoms. The minimum atomic E-state index is -0.0326. The van der Waals surface area contributed by atoms with Crippen molar-refractivity contribution < 1.29 is 0 Å². The molecule has 1 saturated heterocycles. The van der Waals surface area contributed by atoms with Crippen molar-refractivity contribution in [2.45, 2.75) is 44.7 Å². The summed E-state index contributed by atoms with van der Waals surface area (Å²) < 4.78 is 0. The topological polar surface area (TPSA) is 29.3 Å². The minimum Gasteiger partial charge on any atom is -0.324 e. The van der Waals surface area contributed by atoms with Gasteiger partial charge in [0, 0.05) is 11.6 Å². The standard InChI is InChI=1S/C9H20N2/c1-9(2,10)8-6-4-5-7-11(8)3/h8H,4-7,10H2,1-3H3. The van der Waals surface area contributed by atoms with E-state index in [-0.39, 0.29) is 5.54 Å². The number of likely N-dealkylation sites (N-methyl/N-ethyl adjacent to an activating group) is 1. The summed E-state index contributed by atoms with van der Waals surface area (Å²) in [5, 5.41) is 0. The first-order chi connectivity index (χ1) is 5.02. The zero-order valence-electron chi connectivity index (χ0n) is 7.93. The Balaban J connectivity index is 2.55. The van der Waals surface area contributed by atoms with E-state index < -0.39 is 0 Å². The van der Waals surface area contributed by atoms with Crippen LogP contribution in [0.1, 0.15) is 33.1 Å². The fourth-order valence-corrected chi connectivity index (χ4v) is 2.02. The summed E-state index contributed by atoms with van der Waals surface area (Å²) in [7, 11) is 2.18. The highest BCUT2D eigenvalue weighted by molar-refractivity contribution is 4.90. The summed E-state index contributed by atoms with van der Waals surface area (Å²) in [6.45, 7) is 5.46. The molecule has 0 bridgehead atoms. The van der Waals surface area contributed by atoms with E-state index in [2.05, 4.69) is 25.8 Å². The monoisotopic (exact) mass is 156 g/mol. The van der Waals surface area contributed by atoms with Crippen molar-refractivity contribution >= 4 is 0 Å². The van der Waals surface area contributed by atoms with Gasteiger partial charge >= 0.3 is 0 Å². The molecule has 1 atom stereocenters. The van der Waals surface area contributed by atoms with Gasteiger partial charge in [-0.05, 0) is 40.3 Å². The third-order valence-electron chi connectivity index (χ3n) is 2.63. The Bertz CT molecular complexity index is 126. The lowest BCUT2D eigenvalue weighted by molar-refractivity contribution is 0.125. The van der Waals surface area contributed by atoms with E-state index in [0.29, 0.717) is 6.04 Å². The van der Waals surface area contributed by atoms with Crippen molar-refractivity contribution in [3.05, 3.63) is 0 Å². The number of hydrogen-bond acceptors (Lipinski definition) is 2. The Morgan fingerprint density at radius 3 is 2.36 bits per heavy atom. The van der Waals surface area contributed by atoms with E-state index in [9.17, 15) is 0 Å². The van der Waals surface area contributed by atoms with E-state index in [1.54, 1.807) is 0 Å². The second kappa shape index (κ2) is 3.11. The van der Waals surface area contributed by atoms with Gasteiger partial charge < -0.3 is 10.6 Å². The summed E-state index contributed by atoms with van der Waals surface area (Å²) in [4.78, 5) is 2.39. The lowest BCUT2D eigenvalue weighted by Crippen LogP contribution is -2.55. The molecular weight excluding hydrogens is 136 g/mol. The fraction of sp³-hybridized carbons (Fsp3) is 1.00. The van der Waals surface area contributed by atoms with Crippen molar-refractivity contribution in [2.24, 2.45) is 5.73 Å². The summed E-state index contributed by atoms with van der Waals surface area (Å²) in [6.07, 6.45) is 3.94. The summed E-state index contributed by atoms with van der Waals surface area (Å²) in [5.41, 5.74) is 6.03. The van der Waals surface area contributed by atoms with Gasteiger partial charge in [0.1, 0.15) is 0 Å². The molecule has 1 unspecified atom stereocenters. The normalized spacial score (nSPS) is 28.9. The van der Waals surface area contributed by atoms with Gasteiger partial charge in [-0.1, -0.05) is 6.42 Å². The summed E-state index contributed by atoms with van der Waals surface area (Å²) in [5.74, 6) is 0. The van der Waals surface area contributed by atoms with Crippen molar-refractivity contribution in [1.82, 2.24) is 4.90 Å². The molecule has 0 saturated carbocycles. The second-order valence-corrected chi connectivity index (χ2v) is 4.31. The number of piperidine rings is 1. The molecule has 1 aliphatic rings. The molecule has 2 heteroatoms.